The Balaban J connectivity index is 1.42. The Kier molecular flexibility index (Phi) is 10.1. The van der Waals surface area contributed by atoms with Gasteiger partial charge >= 0.3 is 0 Å². The molecule has 0 aromatic heterocycles. The van der Waals surface area contributed by atoms with Gasteiger partial charge in [0.1, 0.15) is 0 Å². The molecular formula is C34H48F2O. The molecule has 4 unspecified atom stereocenters. The first kappa shape index (κ1) is 28.1. The highest BCUT2D eigenvalue weighted by atomic mass is 19.1. The molecule has 1 nitrogen and oxygen atoms in total. The summed E-state index contributed by atoms with van der Waals surface area (Å²) in [5.74, 6) is 0.296. The van der Waals surface area contributed by atoms with Crippen LogP contribution >= 0.6 is 0 Å². The second kappa shape index (κ2) is 13.3. The standard InChI is InChI=1S/C34H48F2O/c1-4-6-8-10-12-25(3)37-33-31(35)22-29(23-32(33)36)27-15-17-30(18-16-27)34-20-11-14-28(24-34)26(19-21-34)13-9-7-5-2/h15-18,22-23,25-26,28H,4-14,19-21,24H2,1-3H3. The number of ether oxygens (including phenoxy) is 1. The van der Waals surface area contributed by atoms with Gasteiger partial charge in [0, 0.05) is 0 Å². The summed E-state index contributed by atoms with van der Waals surface area (Å²) >= 11 is 0. The number of benzene rings is 2. The smallest absolute Gasteiger partial charge is 0.191 e. The highest BCUT2D eigenvalue weighted by Gasteiger charge is 2.44. The molecule has 4 rings (SSSR count). The van der Waals surface area contributed by atoms with E-state index in [2.05, 4.69) is 38.1 Å². The second-order valence-corrected chi connectivity index (χ2v) is 12.1. The van der Waals surface area contributed by atoms with Crippen LogP contribution in [0.15, 0.2) is 36.4 Å². The van der Waals surface area contributed by atoms with Gasteiger partial charge in [-0.2, -0.15) is 0 Å². The Morgan fingerprint density at radius 3 is 2.27 bits per heavy atom. The van der Waals surface area contributed by atoms with Crippen molar-refractivity contribution < 1.29 is 13.5 Å². The molecule has 0 aliphatic heterocycles. The van der Waals surface area contributed by atoms with Gasteiger partial charge in [-0.15, -0.1) is 0 Å². The highest BCUT2D eigenvalue weighted by molar-refractivity contribution is 5.65. The summed E-state index contributed by atoms with van der Waals surface area (Å²) in [6.07, 6.45) is 18.5. The van der Waals surface area contributed by atoms with Crippen molar-refractivity contribution in [3.8, 4) is 16.9 Å². The minimum absolute atomic E-state index is 0.202. The third-order valence-electron chi connectivity index (χ3n) is 9.33. The lowest BCUT2D eigenvalue weighted by Gasteiger charge is -2.49. The van der Waals surface area contributed by atoms with E-state index in [0.29, 0.717) is 11.0 Å². The van der Waals surface area contributed by atoms with Crippen LogP contribution in [0.2, 0.25) is 0 Å². The largest absolute Gasteiger partial charge is 0.485 e. The lowest BCUT2D eigenvalue weighted by Crippen LogP contribution is -2.40. The fourth-order valence-corrected chi connectivity index (χ4v) is 7.15. The van der Waals surface area contributed by atoms with Crippen molar-refractivity contribution in [3.63, 3.8) is 0 Å². The second-order valence-electron chi connectivity index (χ2n) is 12.1. The maximum absolute atomic E-state index is 14.9. The average molecular weight is 511 g/mol. The van der Waals surface area contributed by atoms with E-state index in [1.54, 1.807) is 0 Å². The molecular weight excluding hydrogens is 462 g/mol. The zero-order valence-electron chi connectivity index (χ0n) is 23.5. The molecule has 4 atom stereocenters. The topological polar surface area (TPSA) is 9.23 Å². The molecule has 0 N–H and O–H groups in total. The minimum atomic E-state index is -0.616. The molecule has 2 aromatic rings. The van der Waals surface area contributed by atoms with Crippen LogP contribution in [0, 0.1) is 23.5 Å². The summed E-state index contributed by atoms with van der Waals surface area (Å²) < 4.78 is 35.5. The Labute approximate surface area is 224 Å². The fraction of sp³-hybridized carbons (Fsp3) is 0.647. The van der Waals surface area contributed by atoms with Crippen molar-refractivity contribution in [1.82, 2.24) is 0 Å². The van der Waals surface area contributed by atoms with Crippen LogP contribution in [0.3, 0.4) is 0 Å². The predicted octanol–water partition coefficient (Wildman–Crippen LogP) is 10.8. The highest BCUT2D eigenvalue weighted by Crippen LogP contribution is 2.53. The van der Waals surface area contributed by atoms with Crippen molar-refractivity contribution in [2.45, 2.75) is 129 Å². The molecule has 0 heterocycles. The molecule has 0 amide bonds. The van der Waals surface area contributed by atoms with Gasteiger partial charge in [-0.3, -0.25) is 0 Å². The Morgan fingerprint density at radius 2 is 1.57 bits per heavy atom. The van der Waals surface area contributed by atoms with E-state index in [1.165, 1.54) is 94.7 Å². The van der Waals surface area contributed by atoms with Crippen LogP contribution in [0.1, 0.15) is 123 Å². The van der Waals surface area contributed by atoms with Gasteiger partial charge in [0.2, 0.25) is 0 Å². The molecule has 0 spiro atoms. The lowest BCUT2D eigenvalue weighted by molar-refractivity contribution is 0.0849. The average Bonchev–Trinajstić information content (AvgIpc) is 2.90. The number of hydrogen-bond acceptors (Lipinski definition) is 1. The maximum Gasteiger partial charge on any atom is 0.191 e. The lowest BCUT2D eigenvalue weighted by atomic mass is 9.55. The summed E-state index contributed by atoms with van der Waals surface area (Å²) in [5.41, 5.74) is 3.15. The van der Waals surface area contributed by atoms with Crippen molar-refractivity contribution in [3.05, 3.63) is 53.6 Å². The number of fused-ring (bicyclic) bond motifs is 2. The quantitative estimate of drug-likeness (QED) is 0.243. The van der Waals surface area contributed by atoms with Crippen LogP contribution in [0.5, 0.6) is 5.75 Å². The minimum Gasteiger partial charge on any atom is -0.485 e. The third kappa shape index (κ3) is 6.95. The molecule has 0 saturated heterocycles. The first-order valence-electron chi connectivity index (χ1n) is 15.2. The Morgan fingerprint density at radius 1 is 0.865 bits per heavy atom. The van der Waals surface area contributed by atoms with Gasteiger partial charge in [0.05, 0.1) is 6.10 Å². The van der Waals surface area contributed by atoms with Crippen LogP contribution in [0.25, 0.3) is 11.1 Å². The maximum atomic E-state index is 14.9. The van der Waals surface area contributed by atoms with Crippen LogP contribution < -0.4 is 4.74 Å². The molecule has 2 aliphatic rings. The van der Waals surface area contributed by atoms with Crippen LogP contribution in [0.4, 0.5) is 8.78 Å². The predicted molar refractivity (Wildman–Crippen MR) is 151 cm³/mol. The van der Waals surface area contributed by atoms with Gasteiger partial charge in [-0.1, -0.05) is 95.9 Å². The SMILES string of the molecule is CCCCCCC(C)Oc1c(F)cc(-c2ccc(C34CCCC(C3)C(CCCCC)CC4)cc2)cc1F. The summed E-state index contributed by atoms with van der Waals surface area (Å²) in [5, 5.41) is 0. The third-order valence-corrected chi connectivity index (χ3v) is 9.33. The summed E-state index contributed by atoms with van der Waals surface area (Å²) in [6.45, 7) is 6.36. The molecule has 2 aliphatic carbocycles. The van der Waals surface area contributed by atoms with Crippen molar-refractivity contribution in [1.29, 1.82) is 0 Å². The van der Waals surface area contributed by atoms with E-state index in [1.807, 2.05) is 6.92 Å². The zero-order chi connectivity index (χ0) is 26.3. The molecule has 0 radical (unpaired) electrons. The van der Waals surface area contributed by atoms with Crippen molar-refractivity contribution in [2.75, 3.05) is 0 Å². The van der Waals surface area contributed by atoms with Crippen molar-refractivity contribution in [2.24, 2.45) is 11.8 Å². The zero-order valence-corrected chi connectivity index (χ0v) is 23.5. The molecule has 3 heteroatoms. The Bertz CT molecular complexity index is 961. The van der Waals surface area contributed by atoms with Gasteiger partial charge in [-0.25, -0.2) is 8.78 Å². The van der Waals surface area contributed by atoms with E-state index in [0.717, 1.165) is 36.7 Å². The first-order valence-corrected chi connectivity index (χ1v) is 15.2. The molecule has 2 saturated carbocycles. The van der Waals surface area contributed by atoms with Gasteiger partial charge in [0.15, 0.2) is 17.4 Å². The van der Waals surface area contributed by atoms with E-state index < -0.39 is 11.6 Å². The van der Waals surface area contributed by atoms with Gasteiger partial charge in [-0.05, 0) is 91.5 Å². The van der Waals surface area contributed by atoms with E-state index in [-0.39, 0.29) is 11.9 Å². The molecule has 204 valence electrons. The number of hydrogen-bond donors (Lipinski definition) is 0. The monoisotopic (exact) mass is 510 g/mol. The number of halogens is 2. The van der Waals surface area contributed by atoms with Gasteiger partial charge in [0.25, 0.3) is 0 Å². The Hall–Kier alpha value is -1.90. The summed E-state index contributed by atoms with van der Waals surface area (Å²) in [6, 6.07) is 11.4. The van der Waals surface area contributed by atoms with Crippen molar-refractivity contribution >= 4 is 0 Å². The van der Waals surface area contributed by atoms with Crippen LogP contribution in [-0.4, -0.2) is 6.10 Å². The first-order chi connectivity index (χ1) is 18.0. The normalized spacial score (nSPS) is 24.1. The summed E-state index contributed by atoms with van der Waals surface area (Å²) in [7, 11) is 0. The summed E-state index contributed by atoms with van der Waals surface area (Å²) in [4.78, 5) is 0. The van der Waals surface area contributed by atoms with Crippen LogP contribution in [-0.2, 0) is 5.41 Å². The van der Waals surface area contributed by atoms with E-state index in [4.69, 9.17) is 4.74 Å². The van der Waals surface area contributed by atoms with E-state index in [9.17, 15) is 8.78 Å². The molecule has 2 fully saturated rings. The molecule has 2 bridgehead atoms. The van der Waals surface area contributed by atoms with E-state index >= 15 is 0 Å². The molecule has 2 aromatic carbocycles. The van der Waals surface area contributed by atoms with Gasteiger partial charge < -0.3 is 4.74 Å². The fourth-order valence-electron chi connectivity index (χ4n) is 7.15. The number of unbranched alkanes of at least 4 members (excludes halogenated alkanes) is 5. The molecule has 37 heavy (non-hydrogen) atoms. The number of rotatable bonds is 13.